The molecule has 0 aromatic heterocycles. The second-order valence-electron chi connectivity index (χ2n) is 14.6. The average Bonchev–Trinajstić information content (AvgIpc) is 3.59. The highest BCUT2D eigenvalue weighted by Gasteiger charge is 2.22. The molecule has 6 rings (SSSR count). The molecular formula is C41H56N4O4. The third kappa shape index (κ3) is 10.9. The highest BCUT2D eigenvalue weighted by atomic mass is 16.7. The molecule has 0 bridgehead atoms. The molecule has 49 heavy (non-hydrogen) atoms. The number of rotatable bonds is 16. The molecule has 3 aliphatic heterocycles. The van der Waals surface area contributed by atoms with E-state index in [0.29, 0.717) is 12.1 Å². The van der Waals surface area contributed by atoms with Gasteiger partial charge < -0.3 is 24.4 Å². The monoisotopic (exact) mass is 668 g/mol. The number of carbonyl (C=O) groups is 1. The van der Waals surface area contributed by atoms with Gasteiger partial charge in [-0.25, -0.2) is 0 Å². The molecule has 2 saturated heterocycles. The Morgan fingerprint density at radius 2 is 1.43 bits per heavy atom. The first-order valence-corrected chi connectivity index (χ1v) is 18.5. The molecule has 3 aliphatic rings. The number of hydrogen-bond donors (Lipinski definition) is 1. The van der Waals surface area contributed by atoms with Crippen molar-refractivity contribution >= 4 is 5.91 Å². The largest absolute Gasteiger partial charge is 0.494 e. The molecule has 1 N–H and O–H groups in total. The first kappa shape index (κ1) is 35.2. The van der Waals surface area contributed by atoms with Gasteiger partial charge in [0.15, 0.2) is 11.5 Å². The molecule has 3 aromatic rings. The predicted octanol–water partition coefficient (Wildman–Crippen LogP) is 6.97. The number of nitrogens with zero attached hydrogens (tertiary/aromatic N) is 3. The van der Waals surface area contributed by atoms with Crippen LogP contribution < -0.4 is 19.5 Å². The summed E-state index contributed by atoms with van der Waals surface area (Å²) >= 11 is 0. The lowest BCUT2D eigenvalue weighted by Crippen LogP contribution is -2.34. The fraction of sp³-hybridized carbons (Fsp3) is 0.537. The van der Waals surface area contributed by atoms with Crippen LogP contribution in [0.25, 0.3) is 0 Å². The molecule has 2 fully saturated rings. The Balaban J connectivity index is 0.828. The number of likely N-dealkylation sites (tertiary alicyclic amines) is 2. The summed E-state index contributed by atoms with van der Waals surface area (Å²) in [5, 5.41) is 3.05. The van der Waals surface area contributed by atoms with E-state index in [4.69, 9.17) is 14.2 Å². The molecule has 0 atom stereocenters. The highest BCUT2D eigenvalue weighted by Crippen LogP contribution is 2.32. The minimum absolute atomic E-state index is 0.0498. The summed E-state index contributed by atoms with van der Waals surface area (Å²) in [6, 6.07) is 22.6. The number of ether oxygens (including phenoxy) is 3. The predicted molar refractivity (Wildman–Crippen MR) is 195 cm³/mol. The van der Waals surface area contributed by atoms with Crippen LogP contribution >= 0.6 is 0 Å². The Kier molecular flexibility index (Phi) is 12.9. The van der Waals surface area contributed by atoms with Crippen LogP contribution in [0.3, 0.4) is 0 Å². The van der Waals surface area contributed by atoms with Gasteiger partial charge in [-0.15, -0.1) is 0 Å². The Morgan fingerprint density at radius 3 is 2.12 bits per heavy atom. The molecular weight excluding hydrogens is 612 g/mol. The summed E-state index contributed by atoms with van der Waals surface area (Å²) in [5.41, 5.74) is 4.30. The van der Waals surface area contributed by atoms with Gasteiger partial charge in [-0.3, -0.25) is 14.6 Å². The van der Waals surface area contributed by atoms with E-state index in [2.05, 4.69) is 64.4 Å². The highest BCUT2D eigenvalue weighted by molar-refractivity contribution is 5.94. The number of amides is 1. The quantitative estimate of drug-likeness (QED) is 0.166. The standard InChI is InChI=1S/C41H56N4O4/c1-43(2)20-5-25-47-38-13-10-34(11-14-38)29-44-21-16-32(17-22-44)6-3-7-33-18-23-45(24-19-33)30-36-8-4-9-37(26-36)41(46)42-28-35-12-15-39-40(27-35)49-31-48-39/h4,8-15,26-27,32-33H,3,5-7,16-25,28-31H2,1-2H3,(H,42,46). The van der Waals surface area contributed by atoms with Gasteiger partial charge in [0.05, 0.1) is 6.61 Å². The zero-order valence-corrected chi connectivity index (χ0v) is 29.7. The van der Waals surface area contributed by atoms with Crippen molar-refractivity contribution < 1.29 is 19.0 Å². The first-order valence-electron chi connectivity index (χ1n) is 18.5. The zero-order valence-electron chi connectivity index (χ0n) is 29.7. The van der Waals surface area contributed by atoms with Crippen LogP contribution in [0.2, 0.25) is 0 Å². The van der Waals surface area contributed by atoms with Crippen LogP contribution in [-0.4, -0.2) is 80.8 Å². The van der Waals surface area contributed by atoms with Crippen LogP contribution in [0.4, 0.5) is 0 Å². The number of nitrogens with one attached hydrogen (secondary N) is 1. The maximum atomic E-state index is 12.9. The maximum Gasteiger partial charge on any atom is 0.251 e. The van der Waals surface area contributed by atoms with Crippen molar-refractivity contribution in [3.63, 3.8) is 0 Å². The van der Waals surface area contributed by atoms with Crippen molar-refractivity contribution in [3.05, 3.63) is 89.0 Å². The van der Waals surface area contributed by atoms with Crippen molar-refractivity contribution in [1.29, 1.82) is 0 Å². The summed E-state index contributed by atoms with van der Waals surface area (Å²) in [6.45, 7) is 9.21. The smallest absolute Gasteiger partial charge is 0.251 e. The molecule has 0 aliphatic carbocycles. The maximum absolute atomic E-state index is 12.9. The van der Waals surface area contributed by atoms with Crippen LogP contribution in [0.15, 0.2) is 66.7 Å². The van der Waals surface area contributed by atoms with E-state index >= 15 is 0 Å². The third-order valence-electron chi connectivity index (χ3n) is 10.5. The van der Waals surface area contributed by atoms with Gasteiger partial charge in [-0.2, -0.15) is 0 Å². The van der Waals surface area contributed by atoms with E-state index in [1.165, 1.54) is 69.2 Å². The fourth-order valence-electron chi connectivity index (χ4n) is 7.49. The van der Waals surface area contributed by atoms with Gasteiger partial charge in [0.25, 0.3) is 5.91 Å². The summed E-state index contributed by atoms with van der Waals surface area (Å²) in [5.74, 6) is 4.16. The molecule has 3 heterocycles. The minimum Gasteiger partial charge on any atom is -0.494 e. The van der Waals surface area contributed by atoms with Crippen molar-refractivity contribution in [2.75, 3.05) is 60.2 Å². The van der Waals surface area contributed by atoms with Crippen LogP contribution in [-0.2, 0) is 19.6 Å². The Hall–Kier alpha value is -3.59. The average molecular weight is 669 g/mol. The third-order valence-corrected chi connectivity index (χ3v) is 10.5. The minimum atomic E-state index is -0.0498. The van der Waals surface area contributed by atoms with Gasteiger partial charge in [0, 0.05) is 31.7 Å². The van der Waals surface area contributed by atoms with Gasteiger partial charge in [-0.1, -0.05) is 49.6 Å². The van der Waals surface area contributed by atoms with Crippen molar-refractivity contribution in [2.45, 2.75) is 71.0 Å². The summed E-state index contributed by atoms with van der Waals surface area (Å²) < 4.78 is 16.7. The SMILES string of the molecule is CN(C)CCCOc1ccc(CN2CCC(CCCC3CCN(Cc4cccc(C(=O)NCc5ccc6c(c5)OCO6)c4)CC3)CC2)cc1. The molecule has 264 valence electrons. The number of carbonyl (C=O) groups excluding carboxylic acids is 1. The molecule has 0 radical (unpaired) electrons. The molecule has 0 saturated carbocycles. The van der Waals surface area contributed by atoms with E-state index < -0.39 is 0 Å². The lowest BCUT2D eigenvalue weighted by molar-refractivity contribution is 0.0950. The molecule has 3 aromatic carbocycles. The number of benzene rings is 3. The first-order chi connectivity index (χ1) is 24.0. The van der Waals surface area contributed by atoms with E-state index in [1.54, 1.807) is 0 Å². The lowest BCUT2D eigenvalue weighted by Gasteiger charge is -2.33. The zero-order chi connectivity index (χ0) is 33.8. The fourth-order valence-corrected chi connectivity index (χ4v) is 7.49. The Labute approximate surface area is 293 Å². The van der Waals surface area contributed by atoms with Gasteiger partial charge in [-0.05, 0) is 137 Å². The van der Waals surface area contributed by atoms with Crippen molar-refractivity contribution in [1.82, 2.24) is 20.0 Å². The van der Waals surface area contributed by atoms with Crippen molar-refractivity contribution in [2.24, 2.45) is 11.8 Å². The summed E-state index contributed by atoms with van der Waals surface area (Å²) in [7, 11) is 4.20. The van der Waals surface area contributed by atoms with E-state index in [0.717, 1.165) is 80.4 Å². The Bertz CT molecular complexity index is 1460. The van der Waals surface area contributed by atoms with Crippen LogP contribution in [0.5, 0.6) is 17.2 Å². The molecule has 0 unspecified atom stereocenters. The number of piperidine rings is 2. The molecule has 0 spiro atoms. The topological polar surface area (TPSA) is 66.5 Å². The number of hydrogen-bond acceptors (Lipinski definition) is 7. The lowest BCUT2D eigenvalue weighted by atomic mass is 9.86. The van der Waals surface area contributed by atoms with Gasteiger partial charge in [0.2, 0.25) is 6.79 Å². The van der Waals surface area contributed by atoms with Gasteiger partial charge in [0.1, 0.15) is 5.75 Å². The number of fused-ring (bicyclic) bond motifs is 1. The van der Waals surface area contributed by atoms with Crippen LogP contribution in [0, 0.1) is 11.8 Å². The Morgan fingerprint density at radius 1 is 0.776 bits per heavy atom. The second kappa shape index (κ2) is 17.9. The molecule has 8 heteroatoms. The van der Waals surface area contributed by atoms with Crippen molar-refractivity contribution in [3.8, 4) is 17.2 Å². The summed E-state index contributed by atoms with van der Waals surface area (Å²) in [4.78, 5) is 20.3. The second-order valence-corrected chi connectivity index (χ2v) is 14.6. The van der Waals surface area contributed by atoms with Gasteiger partial charge >= 0.3 is 0 Å². The van der Waals surface area contributed by atoms with E-state index in [9.17, 15) is 4.79 Å². The molecule has 8 nitrogen and oxygen atoms in total. The summed E-state index contributed by atoms with van der Waals surface area (Å²) in [6.07, 6.45) is 10.4. The van der Waals surface area contributed by atoms with E-state index in [-0.39, 0.29) is 12.7 Å². The molecule has 1 amide bonds. The normalized spacial score (nSPS) is 17.4. The van der Waals surface area contributed by atoms with E-state index in [1.807, 2.05) is 36.4 Å². The van der Waals surface area contributed by atoms with Crippen LogP contribution in [0.1, 0.15) is 78.4 Å².